The van der Waals surface area contributed by atoms with E-state index in [1.165, 1.54) is 39.5 Å². The van der Waals surface area contributed by atoms with Crippen molar-refractivity contribution in [1.29, 1.82) is 0 Å². The third-order valence-corrected chi connectivity index (χ3v) is 4.52. The van der Waals surface area contributed by atoms with E-state index in [0.29, 0.717) is 5.92 Å². The first-order valence-corrected chi connectivity index (χ1v) is 7.03. The standard InChI is InChI=1S/C14H17BrN2/c1-9-2-3-11-12(8-9)17-14(13(11)15)10-4-6-16-7-5-10/h2-3,8,10,16-17H,4-7H2,1H3. The number of aromatic nitrogens is 1. The molecule has 0 unspecified atom stereocenters. The van der Waals surface area contributed by atoms with Gasteiger partial charge in [-0.15, -0.1) is 0 Å². The number of H-pyrrole nitrogens is 1. The molecule has 3 heteroatoms. The van der Waals surface area contributed by atoms with Crippen molar-refractivity contribution in [2.24, 2.45) is 0 Å². The summed E-state index contributed by atoms with van der Waals surface area (Å²) in [5, 5.41) is 4.73. The molecule has 2 aromatic rings. The second kappa shape index (κ2) is 4.46. The van der Waals surface area contributed by atoms with Crippen LogP contribution in [-0.4, -0.2) is 18.1 Å². The molecule has 1 aliphatic rings. The first kappa shape index (κ1) is 11.3. The Morgan fingerprint density at radius 2 is 2.00 bits per heavy atom. The molecule has 0 radical (unpaired) electrons. The van der Waals surface area contributed by atoms with E-state index < -0.39 is 0 Å². The number of nitrogens with one attached hydrogen (secondary N) is 2. The molecule has 2 nitrogen and oxygen atoms in total. The van der Waals surface area contributed by atoms with E-state index in [0.717, 1.165) is 13.1 Å². The Labute approximate surface area is 110 Å². The highest BCUT2D eigenvalue weighted by atomic mass is 79.9. The molecule has 1 saturated heterocycles. The largest absolute Gasteiger partial charge is 0.357 e. The lowest BCUT2D eigenvalue weighted by molar-refractivity contribution is 0.454. The van der Waals surface area contributed by atoms with Crippen molar-refractivity contribution in [3.8, 4) is 0 Å². The summed E-state index contributed by atoms with van der Waals surface area (Å²) in [6, 6.07) is 6.60. The SMILES string of the molecule is Cc1ccc2c(Br)c(C3CCNCC3)[nH]c2c1. The lowest BCUT2D eigenvalue weighted by Crippen LogP contribution is -2.26. The fourth-order valence-corrected chi connectivity index (χ4v) is 3.46. The second-order valence-electron chi connectivity index (χ2n) is 4.93. The number of rotatable bonds is 1. The number of hydrogen-bond donors (Lipinski definition) is 2. The van der Waals surface area contributed by atoms with Crippen LogP contribution in [-0.2, 0) is 0 Å². The minimum Gasteiger partial charge on any atom is -0.357 e. The molecule has 1 aromatic heterocycles. The summed E-state index contributed by atoms with van der Waals surface area (Å²) in [5.41, 5.74) is 3.95. The van der Waals surface area contributed by atoms with E-state index in [1.54, 1.807) is 0 Å². The Kier molecular flexibility index (Phi) is 2.97. The molecule has 17 heavy (non-hydrogen) atoms. The molecule has 0 bridgehead atoms. The molecule has 3 rings (SSSR count). The van der Waals surface area contributed by atoms with Gasteiger partial charge in [0.1, 0.15) is 0 Å². The van der Waals surface area contributed by atoms with Gasteiger partial charge < -0.3 is 10.3 Å². The van der Waals surface area contributed by atoms with Crippen molar-refractivity contribution in [1.82, 2.24) is 10.3 Å². The van der Waals surface area contributed by atoms with Crippen LogP contribution in [0.5, 0.6) is 0 Å². The zero-order chi connectivity index (χ0) is 11.8. The summed E-state index contributed by atoms with van der Waals surface area (Å²) in [4.78, 5) is 3.60. The van der Waals surface area contributed by atoms with Crippen LogP contribution in [0.15, 0.2) is 22.7 Å². The van der Waals surface area contributed by atoms with Gasteiger partial charge in [-0.25, -0.2) is 0 Å². The number of piperidine rings is 1. The quantitative estimate of drug-likeness (QED) is 0.824. The maximum Gasteiger partial charge on any atom is 0.0470 e. The molecule has 0 spiro atoms. The van der Waals surface area contributed by atoms with Crippen LogP contribution in [0.1, 0.15) is 30.0 Å². The molecule has 0 aliphatic carbocycles. The highest BCUT2D eigenvalue weighted by Gasteiger charge is 2.20. The molecular weight excluding hydrogens is 276 g/mol. The zero-order valence-corrected chi connectivity index (χ0v) is 11.6. The summed E-state index contributed by atoms with van der Waals surface area (Å²) in [6.07, 6.45) is 2.45. The average Bonchev–Trinajstić information content (AvgIpc) is 2.67. The molecular formula is C14H17BrN2. The predicted molar refractivity (Wildman–Crippen MR) is 75.6 cm³/mol. The molecule has 1 aromatic carbocycles. The Morgan fingerprint density at radius 1 is 1.24 bits per heavy atom. The van der Waals surface area contributed by atoms with Gasteiger partial charge in [-0.1, -0.05) is 12.1 Å². The Hall–Kier alpha value is -0.800. The monoisotopic (exact) mass is 292 g/mol. The van der Waals surface area contributed by atoms with Gasteiger partial charge in [-0.05, 0) is 60.4 Å². The van der Waals surface area contributed by atoms with Crippen LogP contribution in [0, 0.1) is 6.92 Å². The van der Waals surface area contributed by atoms with Gasteiger partial charge in [-0.2, -0.15) is 0 Å². The fraction of sp³-hybridized carbons (Fsp3) is 0.429. The smallest absolute Gasteiger partial charge is 0.0470 e. The number of aromatic amines is 1. The normalized spacial score (nSPS) is 17.8. The van der Waals surface area contributed by atoms with Gasteiger partial charge in [0.2, 0.25) is 0 Å². The van der Waals surface area contributed by atoms with Crippen molar-refractivity contribution >= 4 is 26.8 Å². The molecule has 1 fully saturated rings. The topological polar surface area (TPSA) is 27.8 Å². The highest BCUT2D eigenvalue weighted by molar-refractivity contribution is 9.10. The van der Waals surface area contributed by atoms with Gasteiger partial charge in [-0.3, -0.25) is 0 Å². The molecule has 2 heterocycles. The average molecular weight is 293 g/mol. The van der Waals surface area contributed by atoms with Crippen molar-refractivity contribution in [2.45, 2.75) is 25.7 Å². The van der Waals surface area contributed by atoms with E-state index in [1.807, 2.05) is 0 Å². The maximum atomic E-state index is 3.76. The third kappa shape index (κ3) is 2.02. The van der Waals surface area contributed by atoms with Crippen molar-refractivity contribution in [3.05, 3.63) is 33.9 Å². The summed E-state index contributed by atoms with van der Waals surface area (Å²) in [5.74, 6) is 0.665. The van der Waals surface area contributed by atoms with E-state index in [-0.39, 0.29) is 0 Å². The van der Waals surface area contributed by atoms with Crippen LogP contribution in [0.3, 0.4) is 0 Å². The van der Waals surface area contributed by atoms with E-state index in [4.69, 9.17) is 0 Å². The first-order chi connectivity index (χ1) is 8.25. The van der Waals surface area contributed by atoms with Gasteiger partial charge in [0, 0.05) is 27.0 Å². The fourth-order valence-electron chi connectivity index (χ4n) is 2.69. The van der Waals surface area contributed by atoms with E-state index in [9.17, 15) is 0 Å². The van der Waals surface area contributed by atoms with Crippen molar-refractivity contribution in [2.75, 3.05) is 13.1 Å². The number of halogens is 1. The Balaban J connectivity index is 2.07. The van der Waals surface area contributed by atoms with E-state index in [2.05, 4.69) is 51.4 Å². The first-order valence-electron chi connectivity index (χ1n) is 6.24. The van der Waals surface area contributed by atoms with Crippen LogP contribution < -0.4 is 5.32 Å². The molecule has 1 aliphatic heterocycles. The number of fused-ring (bicyclic) bond motifs is 1. The third-order valence-electron chi connectivity index (χ3n) is 3.66. The summed E-state index contributed by atoms with van der Waals surface area (Å²) in [6.45, 7) is 4.40. The Bertz CT molecular complexity index is 538. The molecule has 0 saturated carbocycles. The van der Waals surface area contributed by atoms with Crippen LogP contribution >= 0.6 is 15.9 Å². The summed E-state index contributed by atoms with van der Waals surface area (Å²) in [7, 11) is 0. The van der Waals surface area contributed by atoms with Crippen LogP contribution in [0.4, 0.5) is 0 Å². The van der Waals surface area contributed by atoms with Crippen LogP contribution in [0.2, 0.25) is 0 Å². The van der Waals surface area contributed by atoms with Gasteiger partial charge >= 0.3 is 0 Å². The van der Waals surface area contributed by atoms with Crippen molar-refractivity contribution in [3.63, 3.8) is 0 Å². The minimum absolute atomic E-state index is 0.665. The zero-order valence-electron chi connectivity index (χ0n) is 10.0. The van der Waals surface area contributed by atoms with Gasteiger partial charge in [0.25, 0.3) is 0 Å². The van der Waals surface area contributed by atoms with Gasteiger partial charge in [0.15, 0.2) is 0 Å². The lowest BCUT2D eigenvalue weighted by Gasteiger charge is -2.22. The second-order valence-corrected chi connectivity index (χ2v) is 5.72. The molecule has 0 amide bonds. The van der Waals surface area contributed by atoms with E-state index >= 15 is 0 Å². The van der Waals surface area contributed by atoms with Crippen LogP contribution in [0.25, 0.3) is 10.9 Å². The summed E-state index contributed by atoms with van der Waals surface area (Å²) < 4.78 is 1.26. The number of aryl methyl sites for hydroxylation is 1. The summed E-state index contributed by atoms with van der Waals surface area (Å²) >= 11 is 3.76. The molecule has 2 N–H and O–H groups in total. The Morgan fingerprint density at radius 3 is 2.76 bits per heavy atom. The molecule has 90 valence electrons. The lowest BCUT2D eigenvalue weighted by atomic mass is 9.95. The maximum absolute atomic E-state index is 3.76. The highest BCUT2D eigenvalue weighted by Crippen LogP contribution is 2.36. The minimum atomic E-state index is 0.665. The number of hydrogen-bond acceptors (Lipinski definition) is 1. The van der Waals surface area contributed by atoms with Gasteiger partial charge in [0.05, 0.1) is 0 Å². The number of benzene rings is 1. The predicted octanol–water partition coefficient (Wildman–Crippen LogP) is 3.71. The van der Waals surface area contributed by atoms with Crippen molar-refractivity contribution < 1.29 is 0 Å². The molecule has 0 atom stereocenters.